The third-order valence-electron chi connectivity index (χ3n) is 2.24. The first-order valence-electron chi connectivity index (χ1n) is 4.71. The van der Waals surface area contributed by atoms with Crippen molar-refractivity contribution in [2.24, 2.45) is 0 Å². The Morgan fingerprint density at radius 3 is 2.44 bits per heavy atom. The van der Waals surface area contributed by atoms with Crippen molar-refractivity contribution in [2.45, 2.75) is 18.7 Å². The molecule has 4 N–H and O–H groups in total. The average molecular weight is 283 g/mol. The molecule has 8 heteroatoms. The van der Waals surface area contributed by atoms with Gasteiger partial charge in [-0.25, -0.2) is 0 Å². The van der Waals surface area contributed by atoms with Gasteiger partial charge in [-0.2, -0.15) is 13.2 Å². The van der Waals surface area contributed by atoms with E-state index in [0.29, 0.717) is 12.6 Å². The molecule has 0 saturated carbocycles. The zero-order valence-electron chi connectivity index (χ0n) is 9.18. The maximum Gasteiger partial charge on any atom is 0.426 e. The van der Waals surface area contributed by atoms with Crippen molar-refractivity contribution in [3.05, 3.63) is 23.2 Å². The lowest BCUT2D eigenvalue weighted by Gasteiger charge is -2.25. The van der Waals surface area contributed by atoms with Crippen LogP contribution in [0.15, 0.2) is 18.2 Å². The number of amides is 1. The molecule has 0 aliphatic carbocycles. The zero-order chi connectivity index (χ0) is 14.1. The van der Waals surface area contributed by atoms with Crippen molar-refractivity contribution in [1.29, 1.82) is 0 Å². The molecule has 1 unspecified atom stereocenters. The number of rotatable bonds is 2. The highest BCUT2D eigenvalue weighted by molar-refractivity contribution is 6.34. The van der Waals surface area contributed by atoms with Gasteiger partial charge >= 0.3 is 6.18 Å². The summed E-state index contributed by atoms with van der Waals surface area (Å²) in [5.74, 6) is -1.62. The van der Waals surface area contributed by atoms with E-state index in [1.54, 1.807) is 0 Å². The number of hydrogen-bond acceptors (Lipinski definition) is 3. The minimum Gasteiger partial charge on any atom is -0.399 e. The Balaban J connectivity index is 2.95. The minimum absolute atomic E-state index is 0.0266. The molecule has 0 aliphatic heterocycles. The molecule has 0 fully saturated rings. The molecular weight excluding hydrogens is 273 g/mol. The van der Waals surface area contributed by atoms with E-state index >= 15 is 0 Å². The third kappa shape index (κ3) is 2.85. The maximum atomic E-state index is 12.4. The number of nitrogens with one attached hydrogen (secondary N) is 1. The van der Waals surface area contributed by atoms with Crippen LogP contribution in [0.25, 0.3) is 0 Å². The topological polar surface area (TPSA) is 75.3 Å². The van der Waals surface area contributed by atoms with E-state index in [-0.39, 0.29) is 10.7 Å². The Hall–Kier alpha value is -1.47. The number of halogens is 4. The van der Waals surface area contributed by atoms with E-state index in [0.717, 1.165) is 0 Å². The molecule has 1 aromatic carbocycles. The van der Waals surface area contributed by atoms with Gasteiger partial charge in [0.1, 0.15) is 0 Å². The van der Waals surface area contributed by atoms with Crippen molar-refractivity contribution in [1.82, 2.24) is 0 Å². The fraction of sp³-hybridized carbons (Fsp3) is 0.300. The van der Waals surface area contributed by atoms with E-state index in [9.17, 15) is 18.0 Å². The third-order valence-corrected chi connectivity index (χ3v) is 2.55. The summed E-state index contributed by atoms with van der Waals surface area (Å²) in [5, 5.41) is 11.0. The molecule has 1 amide bonds. The van der Waals surface area contributed by atoms with Gasteiger partial charge in [0.05, 0.1) is 10.7 Å². The van der Waals surface area contributed by atoms with Crippen LogP contribution in [0.4, 0.5) is 24.5 Å². The summed E-state index contributed by atoms with van der Waals surface area (Å²) in [6, 6.07) is 3.85. The smallest absolute Gasteiger partial charge is 0.399 e. The Bertz CT molecular complexity index is 475. The molecule has 1 atom stereocenters. The predicted octanol–water partition coefficient (Wildman–Crippen LogP) is 2.17. The number of hydrogen-bond donors (Lipinski definition) is 3. The number of nitrogens with two attached hydrogens (primary N) is 1. The minimum atomic E-state index is -5.09. The molecule has 0 aliphatic rings. The first-order valence-corrected chi connectivity index (χ1v) is 5.09. The lowest BCUT2D eigenvalue weighted by atomic mass is 10.1. The fourth-order valence-electron chi connectivity index (χ4n) is 1.01. The van der Waals surface area contributed by atoms with Crippen molar-refractivity contribution in [3.8, 4) is 0 Å². The summed E-state index contributed by atoms with van der Waals surface area (Å²) < 4.78 is 37.2. The van der Waals surface area contributed by atoms with Crippen LogP contribution < -0.4 is 11.1 Å². The average Bonchev–Trinajstić information content (AvgIpc) is 2.20. The highest BCUT2D eigenvalue weighted by Crippen LogP contribution is 2.32. The molecule has 0 saturated heterocycles. The van der Waals surface area contributed by atoms with E-state index < -0.39 is 17.7 Å². The summed E-state index contributed by atoms with van der Waals surface area (Å²) in [4.78, 5) is 11.3. The predicted molar refractivity (Wildman–Crippen MR) is 61.2 cm³/mol. The van der Waals surface area contributed by atoms with Gasteiger partial charge in [0.2, 0.25) is 5.60 Å². The highest BCUT2D eigenvalue weighted by Gasteiger charge is 2.55. The molecule has 1 aromatic rings. The van der Waals surface area contributed by atoms with Crippen LogP contribution in [0.1, 0.15) is 6.92 Å². The molecular formula is C10H10ClF3N2O2. The van der Waals surface area contributed by atoms with Crippen molar-refractivity contribution >= 4 is 28.9 Å². The summed E-state index contributed by atoms with van der Waals surface area (Å²) in [6.07, 6.45) is -5.09. The van der Waals surface area contributed by atoms with E-state index in [1.165, 1.54) is 18.2 Å². The standard InChI is InChI=1S/C10H10ClF3N2O2/c1-9(18,10(12,13)14)8(17)16-7-3-2-5(15)4-6(7)11/h2-4,18H,15H2,1H3,(H,16,17). The second-order valence-corrected chi connectivity index (χ2v) is 4.17. The normalized spacial score (nSPS) is 15.0. The molecule has 0 heterocycles. The first-order chi connectivity index (χ1) is 8.05. The van der Waals surface area contributed by atoms with Gasteiger partial charge in [-0.3, -0.25) is 4.79 Å². The van der Waals surface area contributed by atoms with E-state index in [2.05, 4.69) is 0 Å². The van der Waals surface area contributed by atoms with Crippen LogP contribution in [-0.2, 0) is 4.79 Å². The lowest BCUT2D eigenvalue weighted by Crippen LogP contribution is -2.52. The van der Waals surface area contributed by atoms with Crippen LogP contribution >= 0.6 is 11.6 Å². The monoisotopic (exact) mass is 282 g/mol. The van der Waals surface area contributed by atoms with Gasteiger partial charge < -0.3 is 16.2 Å². The van der Waals surface area contributed by atoms with Gasteiger partial charge in [0.25, 0.3) is 5.91 Å². The van der Waals surface area contributed by atoms with E-state index in [1.807, 2.05) is 5.32 Å². The number of aliphatic hydroxyl groups is 1. The number of carbonyl (C=O) groups is 1. The quantitative estimate of drug-likeness (QED) is 0.728. The van der Waals surface area contributed by atoms with Crippen molar-refractivity contribution in [3.63, 3.8) is 0 Å². The Labute approximate surface area is 106 Å². The van der Waals surface area contributed by atoms with Gasteiger partial charge in [0, 0.05) is 5.69 Å². The van der Waals surface area contributed by atoms with Gasteiger partial charge in [0.15, 0.2) is 0 Å². The number of nitrogen functional groups attached to an aromatic ring is 1. The van der Waals surface area contributed by atoms with Crippen LogP contribution in [0.5, 0.6) is 0 Å². The molecule has 0 aromatic heterocycles. The molecule has 1 rings (SSSR count). The van der Waals surface area contributed by atoms with E-state index in [4.69, 9.17) is 22.4 Å². The summed E-state index contributed by atoms with van der Waals surface area (Å²) in [7, 11) is 0. The molecule has 0 spiro atoms. The zero-order valence-corrected chi connectivity index (χ0v) is 9.93. The number of benzene rings is 1. The molecule has 0 radical (unpaired) electrons. The molecule has 100 valence electrons. The second kappa shape index (κ2) is 4.66. The van der Waals surface area contributed by atoms with Gasteiger partial charge in [-0.15, -0.1) is 0 Å². The Morgan fingerprint density at radius 2 is 2.00 bits per heavy atom. The number of carbonyl (C=O) groups excluding carboxylic acids is 1. The van der Waals surface area contributed by atoms with Crippen molar-refractivity contribution < 1.29 is 23.1 Å². The summed E-state index contributed by atoms with van der Waals surface area (Å²) in [6.45, 7) is 0.355. The Kier molecular flexibility index (Phi) is 3.78. The highest BCUT2D eigenvalue weighted by atomic mass is 35.5. The molecule has 4 nitrogen and oxygen atoms in total. The number of alkyl halides is 3. The van der Waals surface area contributed by atoms with Crippen LogP contribution in [0.2, 0.25) is 5.02 Å². The van der Waals surface area contributed by atoms with Gasteiger partial charge in [-0.05, 0) is 25.1 Å². The van der Waals surface area contributed by atoms with Gasteiger partial charge in [-0.1, -0.05) is 11.6 Å². The van der Waals surface area contributed by atoms with Crippen LogP contribution in [0, 0.1) is 0 Å². The summed E-state index contributed by atoms with van der Waals surface area (Å²) in [5.41, 5.74) is 2.11. The fourth-order valence-corrected chi connectivity index (χ4v) is 1.24. The largest absolute Gasteiger partial charge is 0.426 e. The Morgan fingerprint density at radius 1 is 1.44 bits per heavy atom. The maximum absolute atomic E-state index is 12.4. The SMILES string of the molecule is CC(O)(C(=O)Nc1ccc(N)cc1Cl)C(F)(F)F. The molecule has 0 bridgehead atoms. The number of anilines is 2. The van der Waals surface area contributed by atoms with Crippen molar-refractivity contribution in [2.75, 3.05) is 11.1 Å². The summed E-state index contributed by atoms with van der Waals surface area (Å²) >= 11 is 5.68. The lowest BCUT2D eigenvalue weighted by molar-refractivity contribution is -0.242. The first kappa shape index (κ1) is 14.6. The molecule has 18 heavy (non-hydrogen) atoms. The van der Waals surface area contributed by atoms with Crippen LogP contribution in [0.3, 0.4) is 0 Å². The van der Waals surface area contributed by atoms with Crippen LogP contribution in [-0.4, -0.2) is 22.8 Å². The second-order valence-electron chi connectivity index (χ2n) is 3.76.